The van der Waals surface area contributed by atoms with Crippen LogP contribution in [-0.4, -0.2) is 43.6 Å². The highest BCUT2D eigenvalue weighted by molar-refractivity contribution is 7.89. The second-order valence-electron chi connectivity index (χ2n) is 6.64. The molecule has 1 atom stereocenters. The topological polar surface area (TPSA) is 139 Å². The quantitative estimate of drug-likeness (QED) is 0.430. The Balaban J connectivity index is 1.93. The summed E-state index contributed by atoms with van der Waals surface area (Å²) in [6.07, 6.45) is 0.0956. The fraction of sp³-hybridized carbons (Fsp3) is 0.200. The lowest BCUT2D eigenvalue weighted by atomic mass is 10.1. The molecule has 168 valence electrons. The number of carbonyl (C=O) groups excluding carboxylic acids is 2. The van der Waals surface area contributed by atoms with Gasteiger partial charge in [-0.1, -0.05) is 41.7 Å². The Bertz CT molecular complexity index is 1180. The number of methoxy groups -OCH3 is 1. The zero-order chi connectivity index (χ0) is 23.1. The molecule has 3 aromatic rings. The van der Waals surface area contributed by atoms with E-state index in [0.717, 1.165) is 16.9 Å². The molecular weight excluding hydrogens is 454 g/mol. The van der Waals surface area contributed by atoms with Crippen LogP contribution in [0.15, 0.2) is 58.9 Å². The lowest BCUT2D eigenvalue weighted by Crippen LogP contribution is -2.45. The number of carbonyl (C=O) groups is 2. The van der Waals surface area contributed by atoms with Crippen LogP contribution in [0.4, 0.5) is 10.8 Å². The van der Waals surface area contributed by atoms with Gasteiger partial charge in [0.25, 0.3) is 0 Å². The summed E-state index contributed by atoms with van der Waals surface area (Å²) >= 11 is 1.11. The van der Waals surface area contributed by atoms with E-state index in [1.807, 2.05) is 6.07 Å². The Morgan fingerprint density at radius 3 is 2.50 bits per heavy atom. The monoisotopic (exact) mass is 475 g/mol. The lowest BCUT2D eigenvalue weighted by Gasteiger charge is -2.19. The van der Waals surface area contributed by atoms with Gasteiger partial charge in [-0.05, 0) is 30.2 Å². The minimum absolute atomic E-state index is 0.0644. The van der Waals surface area contributed by atoms with Gasteiger partial charge in [-0.15, -0.1) is 10.2 Å². The van der Waals surface area contributed by atoms with Crippen LogP contribution < -0.4 is 20.1 Å². The zero-order valence-corrected chi connectivity index (χ0v) is 18.9. The molecule has 0 aliphatic heterocycles. The van der Waals surface area contributed by atoms with Crippen molar-refractivity contribution >= 4 is 44.0 Å². The molecule has 0 bridgehead atoms. The lowest BCUT2D eigenvalue weighted by molar-refractivity contribution is -0.117. The number of benzene rings is 2. The number of anilines is 2. The maximum absolute atomic E-state index is 13.2. The molecule has 2 amide bonds. The summed E-state index contributed by atoms with van der Waals surface area (Å²) in [5.74, 6) is -0.884. The Kier molecular flexibility index (Phi) is 7.51. The first-order chi connectivity index (χ1) is 15.3. The van der Waals surface area contributed by atoms with Gasteiger partial charge < -0.3 is 10.1 Å². The van der Waals surface area contributed by atoms with Gasteiger partial charge in [0.1, 0.15) is 22.2 Å². The van der Waals surface area contributed by atoms with E-state index in [0.29, 0.717) is 0 Å². The average molecular weight is 476 g/mol. The van der Waals surface area contributed by atoms with E-state index in [1.165, 1.54) is 37.7 Å². The fourth-order valence-electron chi connectivity index (χ4n) is 2.88. The van der Waals surface area contributed by atoms with Crippen molar-refractivity contribution in [2.24, 2.45) is 0 Å². The third-order valence-corrected chi connectivity index (χ3v) is 6.36. The first-order valence-electron chi connectivity index (χ1n) is 9.37. The highest BCUT2D eigenvalue weighted by atomic mass is 32.2. The summed E-state index contributed by atoms with van der Waals surface area (Å²) in [5, 5.41) is 12.8. The maximum atomic E-state index is 13.2. The Morgan fingerprint density at radius 2 is 1.88 bits per heavy atom. The van der Waals surface area contributed by atoms with Crippen LogP contribution >= 0.6 is 11.3 Å². The molecule has 0 aliphatic rings. The van der Waals surface area contributed by atoms with Crippen LogP contribution in [0.1, 0.15) is 12.5 Å². The number of nitrogens with one attached hydrogen (secondary N) is 3. The number of hydrogen-bond donors (Lipinski definition) is 3. The fourth-order valence-corrected chi connectivity index (χ4v) is 4.71. The van der Waals surface area contributed by atoms with E-state index >= 15 is 0 Å². The van der Waals surface area contributed by atoms with Crippen molar-refractivity contribution in [2.45, 2.75) is 24.3 Å². The number of aromatic nitrogens is 2. The zero-order valence-electron chi connectivity index (χ0n) is 17.2. The Labute approximate surface area is 189 Å². The molecular formula is C20H21N5O5S2. The molecule has 3 N–H and O–H groups in total. The largest absolute Gasteiger partial charge is 0.495 e. The SMILES string of the molecule is COc1ccc(NC(C)=O)cc1S(=O)(=O)NC(Cc1ccccc1)C(=O)Nc1nncs1. The van der Waals surface area contributed by atoms with Crippen LogP contribution in [-0.2, 0) is 26.0 Å². The first kappa shape index (κ1) is 23.3. The summed E-state index contributed by atoms with van der Waals surface area (Å²) in [7, 11) is -2.89. The molecule has 1 unspecified atom stereocenters. The van der Waals surface area contributed by atoms with Crippen LogP contribution in [0.25, 0.3) is 0 Å². The summed E-state index contributed by atoms with van der Waals surface area (Å²) in [5.41, 5.74) is 2.48. The van der Waals surface area contributed by atoms with Crippen LogP contribution in [0, 0.1) is 0 Å². The number of hydrogen-bond acceptors (Lipinski definition) is 8. The van der Waals surface area contributed by atoms with E-state index in [1.54, 1.807) is 24.3 Å². The molecule has 0 fully saturated rings. The molecule has 0 radical (unpaired) electrons. The van der Waals surface area contributed by atoms with Gasteiger partial charge in [0, 0.05) is 12.6 Å². The van der Waals surface area contributed by atoms with E-state index in [9.17, 15) is 18.0 Å². The predicted molar refractivity (Wildman–Crippen MR) is 120 cm³/mol. The minimum atomic E-state index is -4.22. The van der Waals surface area contributed by atoms with Crippen LogP contribution in [0.3, 0.4) is 0 Å². The molecule has 3 rings (SSSR count). The first-order valence-corrected chi connectivity index (χ1v) is 11.7. The van der Waals surface area contributed by atoms with Gasteiger partial charge in [-0.3, -0.25) is 14.9 Å². The van der Waals surface area contributed by atoms with Gasteiger partial charge in [0.15, 0.2) is 0 Å². The second kappa shape index (κ2) is 10.3. The summed E-state index contributed by atoms with van der Waals surface area (Å²) in [4.78, 5) is 24.1. The standard InChI is InChI=1S/C20H21N5O5S2/c1-13(26)22-15-8-9-17(30-2)18(11-15)32(28,29)25-16(10-14-6-4-3-5-7-14)19(27)23-20-24-21-12-31-20/h3-9,11-12,16,25H,10H2,1-2H3,(H,22,26)(H,23,24,27). The molecule has 1 aromatic heterocycles. The highest BCUT2D eigenvalue weighted by Gasteiger charge is 2.29. The van der Waals surface area contributed by atoms with Crippen LogP contribution in [0.2, 0.25) is 0 Å². The molecule has 0 spiro atoms. The van der Waals surface area contributed by atoms with E-state index < -0.39 is 22.0 Å². The molecule has 2 aromatic carbocycles. The molecule has 10 nitrogen and oxygen atoms in total. The summed E-state index contributed by atoms with van der Waals surface area (Å²) < 4.78 is 34.1. The molecule has 1 heterocycles. The van der Waals surface area contributed by atoms with Gasteiger partial charge in [-0.25, -0.2) is 8.42 Å². The average Bonchev–Trinajstić information content (AvgIpc) is 3.26. The Hall–Kier alpha value is -3.35. The summed E-state index contributed by atoms with van der Waals surface area (Å²) in [6, 6.07) is 12.0. The third-order valence-electron chi connectivity index (χ3n) is 4.26. The van der Waals surface area contributed by atoms with Crippen molar-refractivity contribution in [2.75, 3.05) is 17.7 Å². The number of amides is 2. The van der Waals surface area contributed by atoms with Crippen molar-refractivity contribution < 1.29 is 22.7 Å². The molecule has 32 heavy (non-hydrogen) atoms. The van der Waals surface area contributed by atoms with Crippen LogP contribution in [0.5, 0.6) is 5.75 Å². The highest BCUT2D eigenvalue weighted by Crippen LogP contribution is 2.27. The van der Waals surface area contributed by atoms with E-state index in [-0.39, 0.29) is 33.8 Å². The minimum Gasteiger partial charge on any atom is -0.495 e. The van der Waals surface area contributed by atoms with Gasteiger partial charge in [0.2, 0.25) is 27.0 Å². The third kappa shape index (κ3) is 6.09. The Morgan fingerprint density at radius 1 is 1.12 bits per heavy atom. The smallest absolute Gasteiger partial charge is 0.245 e. The van der Waals surface area contributed by atoms with Gasteiger partial charge in [-0.2, -0.15) is 4.72 Å². The van der Waals surface area contributed by atoms with Crippen molar-refractivity contribution in [1.82, 2.24) is 14.9 Å². The maximum Gasteiger partial charge on any atom is 0.245 e. The predicted octanol–water partition coefficient (Wildman–Crippen LogP) is 2.03. The molecule has 0 saturated heterocycles. The van der Waals surface area contributed by atoms with Crippen molar-refractivity contribution in [1.29, 1.82) is 0 Å². The molecule has 0 saturated carbocycles. The normalized spacial score (nSPS) is 12.1. The molecule has 12 heteroatoms. The number of rotatable bonds is 9. The van der Waals surface area contributed by atoms with Gasteiger partial charge in [0.05, 0.1) is 7.11 Å². The number of sulfonamides is 1. The summed E-state index contributed by atoms with van der Waals surface area (Å²) in [6.45, 7) is 1.31. The number of ether oxygens (including phenoxy) is 1. The molecule has 0 aliphatic carbocycles. The van der Waals surface area contributed by atoms with Gasteiger partial charge >= 0.3 is 0 Å². The van der Waals surface area contributed by atoms with E-state index in [4.69, 9.17) is 4.74 Å². The second-order valence-corrected chi connectivity index (χ2v) is 9.16. The number of nitrogens with zero attached hydrogens (tertiary/aromatic N) is 2. The van der Waals surface area contributed by atoms with E-state index in [2.05, 4.69) is 25.6 Å². The van der Waals surface area contributed by atoms with Crippen molar-refractivity contribution in [3.05, 3.63) is 59.6 Å². The van der Waals surface area contributed by atoms with Crippen molar-refractivity contribution in [3.8, 4) is 5.75 Å². The van der Waals surface area contributed by atoms with Crippen molar-refractivity contribution in [3.63, 3.8) is 0 Å².